The summed E-state index contributed by atoms with van der Waals surface area (Å²) >= 11 is 0. The molecule has 186 valence electrons. The van der Waals surface area contributed by atoms with Gasteiger partial charge < -0.3 is 11.1 Å². The molecule has 0 atom stereocenters. The first-order valence-corrected chi connectivity index (χ1v) is 13.2. The first-order valence-electron chi connectivity index (χ1n) is 13.2. The van der Waals surface area contributed by atoms with Gasteiger partial charge in [-0.3, -0.25) is 4.79 Å². The Morgan fingerprint density at radius 1 is 0.757 bits per heavy atom. The van der Waals surface area contributed by atoms with E-state index in [9.17, 15) is 4.79 Å². The van der Waals surface area contributed by atoms with Crippen molar-refractivity contribution in [3.8, 4) is 0 Å². The molecule has 4 heteroatoms. The molecule has 1 aromatic heterocycles. The molecule has 0 radical (unpaired) electrons. The second-order valence-corrected chi connectivity index (χ2v) is 9.48. The number of nitrogens with two attached hydrogens (primary N) is 1. The monoisotopic (exact) mass is 488 g/mol. The summed E-state index contributed by atoms with van der Waals surface area (Å²) < 4.78 is 2.41. The van der Waals surface area contributed by atoms with Crippen LogP contribution in [0.1, 0.15) is 36.9 Å². The van der Waals surface area contributed by atoms with Gasteiger partial charge in [-0.2, -0.15) is 4.57 Å². The summed E-state index contributed by atoms with van der Waals surface area (Å²) in [5.41, 5.74) is 9.10. The number of carbonyl (C=O) groups is 1. The molecule has 37 heavy (non-hydrogen) atoms. The number of benzene rings is 4. The third-order valence-corrected chi connectivity index (χ3v) is 6.96. The summed E-state index contributed by atoms with van der Waals surface area (Å²) in [5, 5.41) is 9.16. The average molecular weight is 489 g/mol. The van der Waals surface area contributed by atoms with E-state index >= 15 is 0 Å². The van der Waals surface area contributed by atoms with Gasteiger partial charge in [0.25, 0.3) is 0 Å². The lowest BCUT2D eigenvalue weighted by atomic mass is 9.97. The van der Waals surface area contributed by atoms with Crippen molar-refractivity contribution in [3.63, 3.8) is 0 Å². The summed E-state index contributed by atoms with van der Waals surface area (Å²) in [7, 11) is 0. The molecule has 1 amide bonds. The SMILES string of the molecule is NCCNC(=O)CCCCC[n+]1c(/C=C/c2cc3ccccc3c3ccccc23)ccc2ccccc21. The van der Waals surface area contributed by atoms with Gasteiger partial charge in [0.05, 0.1) is 0 Å². The molecule has 0 saturated heterocycles. The number of hydrogen-bond acceptors (Lipinski definition) is 2. The first kappa shape index (κ1) is 24.7. The topological polar surface area (TPSA) is 59.0 Å². The van der Waals surface area contributed by atoms with Crippen LogP contribution in [0.5, 0.6) is 0 Å². The van der Waals surface area contributed by atoms with E-state index in [-0.39, 0.29) is 5.91 Å². The zero-order valence-corrected chi connectivity index (χ0v) is 21.2. The van der Waals surface area contributed by atoms with E-state index in [0.29, 0.717) is 19.5 Å². The molecule has 0 fully saturated rings. The van der Waals surface area contributed by atoms with Crippen molar-refractivity contribution in [3.05, 3.63) is 102 Å². The van der Waals surface area contributed by atoms with Crippen LogP contribution in [0.2, 0.25) is 0 Å². The summed E-state index contributed by atoms with van der Waals surface area (Å²) in [6.45, 7) is 1.94. The highest BCUT2D eigenvalue weighted by Crippen LogP contribution is 2.29. The van der Waals surface area contributed by atoms with Crippen LogP contribution in [0.15, 0.2) is 91.0 Å². The molecular weight excluding hydrogens is 454 g/mol. The fourth-order valence-electron chi connectivity index (χ4n) is 5.10. The number of para-hydroxylation sites is 1. The molecule has 0 spiro atoms. The van der Waals surface area contributed by atoms with E-state index in [0.717, 1.165) is 25.8 Å². The Balaban J connectivity index is 1.41. The third kappa shape index (κ3) is 5.71. The Labute approximate surface area is 218 Å². The number of fused-ring (bicyclic) bond motifs is 4. The van der Waals surface area contributed by atoms with Gasteiger partial charge in [0.1, 0.15) is 6.54 Å². The van der Waals surface area contributed by atoms with Crippen molar-refractivity contribution in [2.24, 2.45) is 5.73 Å². The maximum Gasteiger partial charge on any atom is 0.220 e. The number of amides is 1. The van der Waals surface area contributed by atoms with E-state index in [1.165, 1.54) is 43.7 Å². The predicted octanol–water partition coefficient (Wildman–Crippen LogP) is 6.24. The minimum absolute atomic E-state index is 0.0921. The van der Waals surface area contributed by atoms with Crippen LogP contribution in [0.25, 0.3) is 44.6 Å². The van der Waals surface area contributed by atoms with Crippen LogP contribution < -0.4 is 15.6 Å². The largest absolute Gasteiger partial charge is 0.355 e. The van der Waals surface area contributed by atoms with Crippen LogP contribution >= 0.6 is 0 Å². The molecule has 0 saturated carbocycles. The standard InChI is InChI=1S/C33H33N3O/c34-21-22-35-33(37)16-2-1-9-23-36-28(19-17-25-10-4-8-15-32(25)36)20-18-27-24-26-11-3-5-12-29(26)31-14-7-6-13-30(27)31/h3-8,10-15,17-20,24H,1-2,9,16,21-23,34H2/p+1/b20-18+. The summed E-state index contributed by atoms with van der Waals surface area (Å²) in [6, 6.07) is 32.5. The Hall–Kier alpha value is -4.02. The van der Waals surface area contributed by atoms with Crippen molar-refractivity contribution >= 4 is 50.5 Å². The number of aryl methyl sites for hydroxylation is 1. The minimum atomic E-state index is 0.0921. The van der Waals surface area contributed by atoms with Gasteiger partial charge in [0.15, 0.2) is 0 Å². The second kappa shape index (κ2) is 11.8. The van der Waals surface area contributed by atoms with Gasteiger partial charge in [0, 0.05) is 49.5 Å². The Morgan fingerprint density at radius 3 is 2.32 bits per heavy atom. The molecule has 3 N–H and O–H groups in total. The molecular formula is C33H34N3O+. The lowest BCUT2D eigenvalue weighted by molar-refractivity contribution is -0.673. The molecule has 5 rings (SSSR count). The molecule has 1 heterocycles. The highest BCUT2D eigenvalue weighted by molar-refractivity contribution is 6.11. The van der Waals surface area contributed by atoms with Gasteiger partial charge >= 0.3 is 0 Å². The van der Waals surface area contributed by atoms with Crippen molar-refractivity contribution in [1.82, 2.24) is 5.32 Å². The van der Waals surface area contributed by atoms with E-state index in [1.54, 1.807) is 0 Å². The second-order valence-electron chi connectivity index (χ2n) is 9.48. The zero-order valence-electron chi connectivity index (χ0n) is 21.2. The number of nitrogens with one attached hydrogen (secondary N) is 1. The maximum atomic E-state index is 11.9. The number of pyridine rings is 1. The fraction of sp³-hybridized carbons (Fsp3) is 0.212. The maximum absolute atomic E-state index is 11.9. The lowest BCUT2D eigenvalue weighted by Crippen LogP contribution is -2.38. The van der Waals surface area contributed by atoms with Crippen molar-refractivity contribution in [2.45, 2.75) is 32.2 Å². The minimum Gasteiger partial charge on any atom is -0.355 e. The summed E-state index contributed by atoms with van der Waals surface area (Å²) in [6.07, 6.45) is 7.95. The Bertz CT molecular complexity index is 1570. The molecule has 0 aliphatic carbocycles. The van der Waals surface area contributed by atoms with Crippen LogP contribution in [-0.4, -0.2) is 19.0 Å². The molecule has 0 aliphatic rings. The van der Waals surface area contributed by atoms with Crippen molar-refractivity contribution < 1.29 is 9.36 Å². The van der Waals surface area contributed by atoms with E-state index in [1.807, 2.05) is 0 Å². The van der Waals surface area contributed by atoms with Gasteiger partial charge in [-0.25, -0.2) is 0 Å². The van der Waals surface area contributed by atoms with Crippen LogP contribution in [0.3, 0.4) is 0 Å². The zero-order chi connectivity index (χ0) is 25.5. The van der Waals surface area contributed by atoms with E-state index in [2.05, 4.69) is 113 Å². The van der Waals surface area contributed by atoms with Gasteiger partial charge in [-0.15, -0.1) is 0 Å². The Morgan fingerprint density at radius 2 is 1.49 bits per heavy atom. The predicted molar refractivity (Wildman–Crippen MR) is 155 cm³/mol. The summed E-state index contributed by atoms with van der Waals surface area (Å²) in [5.74, 6) is 0.0921. The smallest absolute Gasteiger partial charge is 0.220 e. The van der Waals surface area contributed by atoms with Crippen molar-refractivity contribution in [1.29, 1.82) is 0 Å². The third-order valence-electron chi connectivity index (χ3n) is 6.96. The van der Waals surface area contributed by atoms with Gasteiger partial charge in [-0.1, -0.05) is 60.7 Å². The quantitative estimate of drug-likeness (QED) is 0.139. The molecule has 0 unspecified atom stereocenters. The van der Waals surface area contributed by atoms with Crippen LogP contribution in [0, 0.1) is 0 Å². The van der Waals surface area contributed by atoms with E-state index in [4.69, 9.17) is 5.73 Å². The number of nitrogens with zero attached hydrogens (tertiary/aromatic N) is 1. The number of hydrogen-bond donors (Lipinski definition) is 2. The molecule has 4 aromatic carbocycles. The molecule has 0 bridgehead atoms. The van der Waals surface area contributed by atoms with E-state index < -0.39 is 0 Å². The van der Waals surface area contributed by atoms with Crippen molar-refractivity contribution in [2.75, 3.05) is 13.1 Å². The summed E-state index contributed by atoms with van der Waals surface area (Å²) in [4.78, 5) is 11.9. The lowest BCUT2D eigenvalue weighted by Gasteiger charge is -2.08. The number of rotatable bonds is 10. The van der Waals surface area contributed by atoms with Crippen LogP contribution in [-0.2, 0) is 11.3 Å². The first-order chi connectivity index (χ1) is 18.2. The average Bonchev–Trinajstić information content (AvgIpc) is 2.95. The molecule has 4 nitrogen and oxygen atoms in total. The molecule has 5 aromatic rings. The molecule has 0 aliphatic heterocycles. The highest BCUT2D eigenvalue weighted by atomic mass is 16.1. The number of carbonyl (C=O) groups excluding carboxylic acids is 1. The van der Waals surface area contributed by atoms with Crippen LogP contribution in [0.4, 0.5) is 0 Å². The fourth-order valence-corrected chi connectivity index (χ4v) is 5.10. The Kier molecular flexibility index (Phi) is 7.87. The normalized spacial score (nSPS) is 11.6. The number of unbranched alkanes of at least 4 members (excludes halogenated alkanes) is 2. The highest BCUT2D eigenvalue weighted by Gasteiger charge is 2.14. The number of aromatic nitrogens is 1. The van der Waals surface area contributed by atoms with Gasteiger partial charge in [0.2, 0.25) is 17.1 Å². The van der Waals surface area contributed by atoms with Gasteiger partial charge in [-0.05, 0) is 64.2 Å².